The average Bonchev–Trinajstić information content (AvgIpc) is 2.54. The standard InChI is InChI=1S/C22H22O2/c1-17(23)24-21(19-10-6-5-7-11-19)12-8-9-18-13-15-20(16-14-18)22(2,3)4/h5-7,10-16H,1-4H3/b21-12-. The molecule has 0 heterocycles. The summed E-state index contributed by atoms with van der Waals surface area (Å²) in [6.45, 7) is 7.93. The van der Waals surface area contributed by atoms with E-state index < -0.39 is 0 Å². The van der Waals surface area contributed by atoms with E-state index in [0.29, 0.717) is 5.76 Å². The second-order valence-corrected chi connectivity index (χ2v) is 6.56. The van der Waals surface area contributed by atoms with Crippen molar-refractivity contribution in [3.05, 3.63) is 77.4 Å². The fourth-order valence-corrected chi connectivity index (χ4v) is 2.17. The summed E-state index contributed by atoms with van der Waals surface area (Å²) < 4.78 is 5.26. The van der Waals surface area contributed by atoms with Crippen LogP contribution in [0.4, 0.5) is 0 Å². The molecule has 0 spiro atoms. The number of carbonyl (C=O) groups excluding carboxylic acids is 1. The molecule has 0 aliphatic carbocycles. The number of hydrogen-bond donors (Lipinski definition) is 0. The average molecular weight is 318 g/mol. The van der Waals surface area contributed by atoms with Crippen LogP contribution in [0.25, 0.3) is 5.76 Å². The van der Waals surface area contributed by atoms with Crippen LogP contribution < -0.4 is 0 Å². The van der Waals surface area contributed by atoms with Crippen LogP contribution in [0.15, 0.2) is 60.7 Å². The Labute approximate surface area is 144 Å². The summed E-state index contributed by atoms with van der Waals surface area (Å²) >= 11 is 0. The Bertz CT molecular complexity index is 780. The maximum absolute atomic E-state index is 11.3. The SMILES string of the molecule is CC(=O)O/C(=C\C#Cc1ccc(C(C)(C)C)cc1)c1ccccc1. The van der Waals surface area contributed by atoms with E-state index in [4.69, 9.17) is 4.74 Å². The Kier molecular flexibility index (Phi) is 5.60. The summed E-state index contributed by atoms with van der Waals surface area (Å²) in [4.78, 5) is 11.3. The zero-order valence-corrected chi connectivity index (χ0v) is 14.6. The molecule has 122 valence electrons. The van der Waals surface area contributed by atoms with Gasteiger partial charge in [0.1, 0.15) is 5.76 Å². The number of allylic oxidation sites excluding steroid dienone is 1. The van der Waals surface area contributed by atoms with Gasteiger partial charge in [0.25, 0.3) is 0 Å². The van der Waals surface area contributed by atoms with E-state index in [9.17, 15) is 4.79 Å². The van der Waals surface area contributed by atoms with Gasteiger partial charge in [-0.1, -0.05) is 75.1 Å². The number of hydrogen-bond acceptors (Lipinski definition) is 2. The van der Waals surface area contributed by atoms with Crippen molar-refractivity contribution in [2.45, 2.75) is 33.1 Å². The van der Waals surface area contributed by atoms with Crippen LogP contribution in [0, 0.1) is 11.8 Å². The fraction of sp³-hybridized carbons (Fsp3) is 0.227. The topological polar surface area (TPSA) is 26.3 Å². The van der Waals surface area contributed by atoms with Crippen molar-refractivity contribution in [2.75, 3.05) is 0 Å². The van der Waals surface area contributed by atoms with Gasteiger partial charge in [-0.05, 0) is 23.1 Å². The maximum Gasteiger partial charge on any atom is 0.308 e. The molecule has 0 saturated heterocycles. The maximum atomic E-state index is 11.3. The van der Waals surface area contributed by atoms with E-state index in [0.717, 1.165) is 11.1 Å². The van der Waals surface area contributed by atoms with Gasteiger partial charge in [0.05, 0.1) is 0 Å². The van der Waals surface area contributed by atoms with Gasteiger partial charge >= 0.3 is 5.97 Å². The molecule has 2 heteroatoms. The highest BCUT2D eigenvalue weighted by molar-refractivity contribution is 5.77. The molecule has 2 nitrogen and oxygen atoms in total. The summed E-state index contributed by atoms with van der Waals surface area (Å²) in [5, 5.41) is 0. The number of esters is 1. The van der Waals surface area contributed by atoms with Crippen LogP contribution in [0.2, 0.25) is 0 Å². The third-order valence-corrected chi connectivity index (χ3v) is 3.48. The highest BCUT2D eigenvalue weighted by Crippen LogP contribution is 2.22. The molecule has 0 saturated carbocycles. The van der Waals surface area contributed by atoms with Crippen molar-refractivity contribution in [3.8, 4) is 11.8 Å². The normalized spacial score (nSPS) is 11.4. The summed E-state index contributed by atoms with van der Waals surface area (Å²) in [7, 11) is 0. The number of rotatable bonds is 2. The largest absolute Gasteiger partial charge is 0.425 e. The molecular weight excluding hydrogens is 296 g/mol. The minimum atomic E-state index is -0.360. The van der Waals surface area contributed by atoms with Gasteiger partial charge in [0.15, 0.2) is 0 Å². The molecule has 0 amide bonds. The first kappa shape index (κ1) is 17.6. The summed E-state index contributed by atoms with van der Waals surface area (Å²) in [5.41, 5.74) is 3.15. The predicted octanol–water partition coefficient (Wildman–Crippen LogP) is 4.94. The Hall–Kier alpha value is -2.79. The number of ether oxygens (including phenoxy) is 1. The smallest absolute Gasteiger partial charge is 0.308 e. The van der Waals surface area contributed by atoms with Crippen LogP contribution in [0.3, 0.4) is 0 Å². The van der Waals surface area contributed by atoms with Crippen molar-refractivity contribution in [2.24, 2.45) is 0 Å². The van der Waals surface area contributed by atoms with Crippen molar-refractivity contribution in [3.63, 3.8) is 0 Å². The molecule has 2 aromatic rings. The third kappa shape index (κ3) is 5.14. The minimum Gasteiger partial charge on any atom is -0.425 e. The zero-order chi connectivity index (χ0) is 17.6. The second kappa shape index (κ2) is 7.66. The molecule has 0 aliphatic rings. The zero-order valence-electron chi connectivity index (χ0n) is 14.6. The molecular formula is C22H22O2. The Morgan fingerprint density at radius 3 is 2.17 bits per heavy atom. The number of carbonyl (C=O) groups is 1. The van der Waals surface area contributed by atoms with Crippen LogP contribution in [-0.2, 0) is 14.9 Å². The monoisotopic (exact) mass is 318 g/mol. The molecule has 0 aliphatic heterocycles. The van der Waals surface area contributed by atoms with Crippen LogP contribution in [0.1, 0.15) is 44.4 Å². The third-order valence-electron chi connectivity index (χ3n) is 3.48. The quantitative estimate of drug-likeness (QED) is 0.445. The van der Waals surface area contributed by atoms with Gasteiger partial charge in [-0.3, -0.25) is 4.79 Å². The van der Waals surface area contributed by atoms with E-state index in [2.05, 4.69) is 44.7 Å². The number of benzene rings is 2. The van der Waals surface area contributed by atoms with Crippen molar-refractivity contribution < 1.29 is 9.53 Å². The van der Waals surface area contributed by atoms with E-state index in [1.165, 1.54) is 12.5 Å². The first-order chi connectivity index (χ1) is 11.4. The Morgan fingerprint density at radius 1 is 1.00 bits per heavy atom. The first-order valence-electron chi connectivity index (χ1n) is 7.92. The minimum absolute atomic E-state index is 0.127. The molecule has 0 bridgehead atoms. The van der Waals surface area contributed by atoms with Gasteiger partial charge in [0, 0.05) is 24.1 Å². The highest BCUT2D eigenvalue weighted by Gasteiger charge is 2.12. The Morgan fingerprint density at radius 2 is 1.62 bits per heavy atom. The highest BCUT2D eigenvalue weighted by atomic mass is 16.5. The lowest BCUT2D eigenvalue weighted by molar-refractivity contribution is -0.134. The van der Waals surface area contributed by atoms with E-state index >= 15 is 0 Å². The lowest BCUT2D eigenvalue weighted by Gasteiger charge is -2.18. The Balaban J connectivity index is 2.23. The summed E-state index contributed by atoms with van der Waals surface area (Å²) in [5.74, 6) is 6.15. The molecule has 0 atom stereocenters. The van der Waals surface area contributed by atoms with Gasteiger partial charge < -0.3 is 4.74 Å². The van der Waals surface area contributed by atoms with E-state index in [1.54, 1.807) is 6.08 Å². The van der Waals surface area contributed by atoms with Crippen molar-refractivity contribution in [1.29, 1.82) is 0 Å². The molecule has 0 fully saturated rings. The van der Waals surface area contributed by atoms with Crippen molar-refractivity contribution >= 4 is 11.7 Å². The molecule has 0 unspecified atom stereocenters. The lowest BCUT2D eigenvalue weighted by atomic mass is 9.87. The molecule has 24 heavy (non-hydrogen) atoms. The molecule has 2 aromatic carbocycles. The molecule has 0 radical (unpaired) electrons. The second-order valence-electron chi connectivity index (χ2n) is 6.56. The first-order valence-corrected chi connectivity index (χ1v) is 7.92. The predicted molar refractivity (Wildman–Crippen MR) is 98.2 cm³/mol. The summed E-state index contributed by atoms with van der Waals surface area (Å²) in [6.07, 6.45) is 1.63. The van der Waals surface area contributed by atoms with Crippen LogP contribution >= 0.6 is 0 Å². The van der Waals surface area contributed by atoms with Crippen molar-refractivity contribution in [1.82, 2.24) is 0 Å². The summed E-state index contributed by atoms with van der Waals surface area (Å²) in [6, 6.07) is 17.7. The van der Waals surface area contributed by atoms with Gasteiger partial charge in [-0.15, -0.1) is 0 Å². The van der Waals surface area contributed by atoms with E-state index in [-0.39, 0.29) is 11.4 Å². The molecule has 2 rings (SSSR count). The van der Waals surface area contributed by atoms with Gasteiger partial charge in [0.2, 0.25) is 0 Å². The molecule has 0 N–H and O–H groups in total. The lowest BCUT2D eigenvalue weighted by Crippen LogP contribution is -2.10. The fourth-order valence-electron chi connectivity index (χ4n) is 2.17. The van der Waals surface area contributed by atoms with Crippen LogP contribution in [-0.4, -0.2) is 5.97 Å². The van der Waals surface area contributed by atoms with Crippen LogP contribution in [0.5, 0.6) is 0 Å². The van der Waals surface area contributed by atoms with Gasteiger partial charge in [-0.25, -0.2) is 0 Å². The van der Waals surface area contributed by atoms with Gasteiger partial charge in [-0.2, -0.15) is 0 Å². The van der Waals surface area contributed by atoms with E-state index in [1.807, 2.05) is 42.5 Å². The molecule has 0 aromatic heterocycles.